The number of esters is 1. The van der Waals surface area contributed by atoms with E-state index < -0.39 is 30.1 Å². The molecule has 0 heterocycles. The Morgan fingerprint density at radius 3 is 2.20 bits per heavy atom. The summed E-state index contributed by atoms with van der Waals surface area (Å²) < 4.78 is 9.54. The zero-order valence-corrected chi connectivity index (χ0v) is 12.5. The third kappa shape index (κ3) is 7.73. The van der Waals surface area contributed by atoms with Crippen molar-refractivity contribution in [1.29, 1.82) is 0 Å². The van der Waals surface area contributed by atoms with E-state index in [-0.39, 0.29) is 13.0 Å². The van der Waals surface area contributed by atoms with Gasteiger partial charge in [0.15, 0.2) is 0 Å². The number of nitrogens with zero attached hydrogens (tertiary/aromatic N) is 1. The summed E-state index contributed by atoms with van der Waals surface area (Å²) in [4.78, 5) is 35.8. The molecule has 0 saturated carbocycles. The van der Waals surface area contributed by atoms with Crippen LogP contribution in [0.2, 0.25) is 0 Å². The van der Waals surface area contributed by atoms with Crippen LogP contribution >= 0.6 is 0 Å². The molecule has 0 aliphatic carbocycles. The van der Waals surface area contributed by atoms with E-state index in [0.717, 1.165) is 4.90 Å². The van der Waals surface area contributed by atoms with Crippen LogP contribution in [0.25, 0.3) is 0 Å². The lowest BCUT2D eigenvalue weighted by Crippen LogP contribution is -2.43. The summed E-state index contributed by atoms with van der Waals surface area (Å²) in [6.45, 7) is 4.48. The highest BCUT2D eigenvalue weighted by Crippen LogP contribution is 2.11. The molecule has 0 rings (SSSR count). The Morgan fingerprint density at radius 1 is 1.15 bits per heavy atom. The standard InChI is InChI=1S/C13H23NO6/c1-13(2,3)20-12(18)14(9-11(17)19-4)10(16)7-5-6-8-15/h15H,5-9H2,1-4H3. The fraction of sp³-hybridized carbons (Fsp3) is 0.769. The highest BCUT2D eigenvalue weighted by molar-refractivity contribution is 5.95. The van der Waals surface area contributed by atoms with Gasteiger partial charge in [0.1, 0.15) is 12.1 Å². The van der Waals surface area contributed by atoms with Crippen molar-refractivity contribution in [2.24, 2.45) is 0 Å². The van der Waals surface area contributed by atoms with Crippen molar-refractivity contribution < 1.29 is 29.0 Å². The van der Waals surface area contributed by atoms with Crippen LogP contribution in [0.1, 0.15) is 40.0 Å². The smallest absolute Gasteiger partial charge is 0.417 e. The van der Waals surface area contributed by atoms with E-state index in [1.807, 2.05) is 0 Å². The Morgan fingerprint density at radius 2 is 1.75 bits per heavy atom. The van der Waals surface area contributed by atoms with E-state index in [0.29, 0.717) is 12.8 Å². The summed E-state index contributed by atoms with van der Waals surface area (Å²) in [6, 6.07) is 0. The average Bonchev–Trinajstić information content (AvgIpc) is 2.33. The minimum Gasteiger partial charge on any atom is -0.468 e. The normalized spacial score (nSPS) is 10.8. The van der Waals surface area contributed by atoms with Crippen molar-refractivity contribution in [3.05, 3.63) is 0 Å². The van der Waals surface area contributed by atoms with Crippen LogP contribution in [0.15, 0.2) is 0 Å². The van der Waals surface area contributed by atoms with Crippen molar-refractivity contribution in [3.8, 4) is 0 Å². The molecule has 0 fully saturated rings. The minimum absolute atomic E-state index is 0.0310. The molecule has 0 aliphatic heterocycles. The molecule has 2 amide bonds. The third-order valence-corrected chi connectivity index (χ3v) is 2.23. The zero-order chi connectivity index (χ0) is 15.8. The summed E-state index contributed by atoms with van der Waals surface area (Å²) in [5.41, 5.74) is -0.767. The number of ether oxygens (including phenoxy) is 2. The lowest BCUT2D eigenvalue weighted by Gasteiger charge is -2.25. The first-order valence-electron chi connectivity index (χ1n) is 6.42. The monoisotopic (exact) mass is 289 g/mol. The van der Waals surface area contributed by atoms with Gasteiger partial charge in [-0.1, -0.05) is 0 Å². The van der Waals surface area contributed by atoms with Gasteiger partial charge in [0.2, 0.25) is 5.91 Å². The molecule has 7 nitrogen and oxygen atoms in total. The zero-order valence-electron chi connectivity index (χ0n) is 12.5. The van der Waals surface area contributed by atoms with Gasteiger partial charge in [-0.2, -0.15) is 0 Å². The molecule has 20 heavy (non-hydrogen) atoms. The van der Waals surface area contributed by atoms with Crippen LogP contribution in [0.4, 0.5) is 4.79 Å². The molecule has 0 aromatic rings. The number of aliphatic hydroxyl groups is 1. The number of carbonyl (C=O) groups excluding carboxylic acids is 3. The van der Waals surface area contributed by atoms with E-state index in [9.17, 15) is 14.4 Å². The SMILES string of the molecule is COC(=O)CN(C(=O)CCCCO)C(=O)OC(C)(C)C. The van der Waals surface area contributed by atoms with Gasteiger partial charge in [0.25, 0.3) is 0 Å². The van der Waals surface area contributed by atoms with Gasteiger partial charge in [-0.05, 0) is 33.6 Å². The van der Waals surface area contributed by atoms with Crippen molar-refractivity contribution in [1.82, 2.24) is 4.90 Å². The van der Waals surface area contributed by atoms with Gasteiger partial charge in [0, 0.05) is 13.0 Å². The second-order valence-corrected chi connectivity index (χ2v) is 5.22. The molecule has 1 N–H and O–H groups in total. The van der Waals surface area contributed by atoms with Crippen LogP contribution in [-0.2, 0) is 19.1 Å². The second kappa shape index (κ2) is 8.52. The minimum atomic E-state index is -0.878. The van der Waals surface area contributed by atoms with Gasteiger partial charge < -0.3 is 14.6 Å². The predicted octanol–water partition coefficient (Wildman–Crippen LogP) is 1.09. The van der Waals surface area contributed by atoms with Crippen LogP contribution in [0.5, 0.6) is 0 Å². The van der Waals surface area contributed by atoms with Crippen molar-refractivity contribution in [2.45, 2.75) is 45.6 Å². The van der Waals surface area contributed by atoms with Gasteiger partial charge in [-0.3, -0.25) is 9.59 Å². The number of hydrogen-bond donors (Lipinski definition) is 1. The van der Waals surface area contributed by atoms with E-state index in [1.54, 1.807) is 20.8 Å². The molecule has 0 aromatic carbocycles. The molecule has 116 valence electrons. The maximum absolute atomic E-state index is 11.9. The maximum Gasteiger partial charge on any atom is 0.417 e. The first kappa shape index (κ1) is 18.4. The topological polar surface area (TPSA) is 93.1 Å². The molecule has 0 unspecified atom stereocenters. The van der Waals surface area contributed by atoms with Crippen molar-refractivity contribution >= 4 is 18.0 Å². The van der Waals surface area contributed by atoms with E-state index in [2.05, 4.69) is 4.74 Å². The molecule has 0 atom stereocenters. The molecule has 0 spiro atoms. The van der Waals surface area contributed by atoms with Crippen LogP contribution in [-0.4, -0.2) is 53.8 Å². The number of unbranched alkanes of at least 4 members (excludes halogenated alkanes) is 1. The summed E-state index contributed by atoms with van der Waals surface area (Å²) in [6.07, 6.45) is 0.0514. The van der Waals surface area contributed by atoms with Crippen LogP contribution in [0.3, 0.4) is 0 Å². The molecular formula is C13H23NO6. The molecule has 0 saturated heterocycles. The van der Waals surface area contributed by atoms with Crippen molar-refractivity contribution in [3.63, 3.8) is 0 Å². The lowest BCUT2D eigenvalue weighted by atomic mass is 10.2. The van der Waals surface area contributed by atoms with Gasteiger partial charge in [-0.25, -0.2) is 9.69 Å². The predicted molar refractivity (Wildman–Crippen MR) is 70.9 cm³/mol. The molecule has 0 aliphatic rings. The first-order chi connectivity index (χ1) is 9.21. The number of hydrogen-bond acceptors (Lipinski definition) is 6. The molecule has 0 bridgehead atoms. The average molecular weight is 289 g/mol. The fourth-order valence-electron chi connectivity index (χ4n) is 1.29. The largest absolute Gasteiger partial charge is 0.468 e. The van der Waals surface area contributed by atoms with Crippen LogP contribution in [0, 0.1) is 0 Å². The molecule has 0 radical (unpaired) electrons. The quantitative estimate of drug-likeness (QED) is 0.581. The first-order valence-corrected chi connectivity index (χ1v) is 6.42. The molecule has 0 aromatic heterocycles. The maximum atomic E-state index is 11.9. The van der Waals surface area contributed by atoms with E-state index in [1.165, 1.54) is 7.11 Å². The van der Waals surface area contributed by atoms with Gasteiger partial charge in [-0.15, -0.1) is 0 Å². The number of imide groups is 1. The van der Waals surface area contributed by atoms with Gasteiger partial charge in [0.05, 0.1) is 7.11 Å². The number of rotatable bonds is 6. The highest BCUT2D eigenvalue weighted by atomic mass is 16.6. The number of amides is 2. The van der Waals surface area contributed by atoms with E-state index >= 15 is 0 Å². The van der Waals surface area contributed by atoms with Crippen LogP contribution < -0.4 is 0 Å². The Bertz CT molecular complexity index is 347. The number of carbonyl (C=O) groups is 3. The van der Waals surface area contributed by atoms with E-state index in [4.69, 9.17) is 9.84 Å². The second-order valence-electron chi connectivity index (χ2n) is 5.22. The molecule has 7 heteroatoms. The summed E-state index contributed by atoms with van der Waals surface area (Å²) in [5.74, 6) is -1.23. The summed E-state index contributed by atoms with van der Waals surface area (Å²) in [7, 11) is 1.17. The fourth-order valence-corrected chi connectivity index (χ4v) is 1.29. The Labute approximate surface area is 118 Å². The van der Waals surface area contributed by atoms with Gasteiger partial charge >= 0.3 is 12.1 Å². The number of aliphatic hydroxyl groups excluding tert-OH is 1. The Balaban J connectivity index is 4.75. The third-order valence-electron chi connectivity index (χ3n) is 2.23. The Kier molecular flexibility index (Phi) is 7.83. The molecular weight excluding hydrogens is 266 g/mol. The number of methoxy groups -OCH3 is 1. The summed E-state index contributed by atoms with van der Waals surface area (Å²) in [5, 5.41) is 8.67. The lowest BCUT2D eigenvalue weighted by molar-refractivity contribution is -0.146. The summed E-state index contributed by atoms with van der Waals surface area (Å²) >= 11 is 0. The van der Waals surface area contributed by atoms with Crippen molar-refractivity contribution in [2.75, 3.05) is 20.3 Å². The highest BCUT2D eigenvalue weighted by Gasteiger charge is 2.28. The Hall–Kier alpha value is -1.63.